The van der Waals surface area contributed by atoms with Crippen LogP contribution in [0, 0.1) is 13.8 Å². The van der Waals surface area contributed by atoms with Crippen LogP contribution in [-0.2, 0) is 6.42 Å². The van der Waals surface area contributed by atoms with E-state index in [1.165, 1.54) is 16.0 Å². The Morgan fingerprint density at radius 3 is 2.79 bits per heavy atom. The lowest BCUT2D eigenvalue weighted by atomic mass is 10.1. The summed E-state index contributed by atoms with van der Waals surface area (Å²) in [5, 5.41) is 1.51. The molecule has 0 amide bonds. The number of hydrogen-bond acceptors (Lipinski definition) is 3. The van der Waals surface area contributed by atoms with E-state index in [2.05, 4.69) is 48.1 Å². The highest BCUT2D eigenvalue weighted by atomic mass is 35.5. The topological polar surface area (TPSA) is 25.8 Å². The van der Waals surface area contributed by atoms with Crippen LogP contribution in [0.25, 0.3) is 10.2 Å². The first-order valence-corrected chi connectivity index (χ1v) is 7.29. The Kier molecular flexibility index (Phi) is 3.25. The number of nitrogens with zero attached hydrogens (tertiary/aromatic N) is 2. The van der Waals surface area contributed by atoms with Crippen LogP contribution in [-0.4, -0.2) is 9.97 Å². The number of aryl methyl sites for hydroxylation is 2. The van der Waals surface area contributed by atoms with Gasteiger partial charge in [-0.25, -0.2) is 9.97 Å². The third-order valence-electron chi connectivity index (χ3n) is 2.96. The van der Waals surface area contributed by atoms with Crippen molar-refractivity contribution in [2.45, 2.75) is 20.3 Å². The van der Waals surface area contributed by atoms with Gasteiger partial charge in [0.2, 0.25) is 0 Å². The van der Waals surface area contributed by atoms with Crippen molar-refractivity contribution in [3.05, 3.63) is 57.3 Å². The monoisotopic (exact) mass is 288 g/mol. The molecule has 3 aromatic rings. The van der Waals surface area contributed by atoms with Crippen LogP contribution in [0.15, 0.2) is 30.3 Å². The Morgan fingerprint density at radius 1 is 1.16 bits per heavy atom. The molecule has 0 spiro atoms. The zero-order valence-corrected chi connectivity index (χ0v) is 12.3. The maximum Gasteiger partial charge on any atom is 0.141 e. The molecule has 0 aliphatic carbocycles. The quantitative estimate of drug-likeness (QED) is 0.646. The molecule has 0 atom stereocenters. The normalized spacial score (nSPS) is 11.1. The molecule has 96 valence electrons. The molecule has 0 saturated carbocycles. The molecule has 0 aliphatic rings. The van der Waals surface area contributed by atoms with Crippen molar-refractivity contribution < 1.29 is 0 Å². The van der Waals surface area contributed by atoms with E-state index in [-0.39, 0.29) is 0 Å². The summed E-state index contributed by atoms with van der Waals surface area (Å²) in [7, 11) is 0. The van der Waals surface area contributed by atoms with Gasteiger partial charge in [-0.1, -0.05) is 41.4 Å². The summed E-state index contributed by atoms with van der Waals surface area (Å²) in [6, 6.07) is 10.4. The molecule has 0 fully saturated rings. The molecule has 3 rings (SSSR count). The first-order chi connectivity index (χ1) is 9.11. The number of rotatable bonds is 2. The molecule has 2 heterocycles. The highest BCUT2D eigenvalue weighted by Gasteiger charge is 2.09. The summed E-state index contributed by atoms with van der Waals surface area (Å²) in [5.41, 5.74) is 2.46. The predicted molar refractivity (Wildman–Crippen MR) is 81.1 cm³/mol. The molecule has 0 aliphatic heterocycles. The van der Waals surface area contributed by atoms with E-state index < -0.39 is 0 Å². The van der Waals surface area contributed by atoms with Crippen LogP contribution < -0.4 is 0 Å². The average molecular weight is 289 g/mol. The SMILES string of the molecule is Cc1cccc(Cc2nc(Cl)c3cc(C)sc3n2)c1. The summed E-state index contributed by atoms with van der Waals surface area (Å²) in [6.07, 6.45) is 0.717. The van der Waals surface area contributed by atoms with Crippen molar-refractivity contribution >= 4 is 33.2 Å². The molecular weight excluding hydrogens is 276 g/mol. The summed E-state index contributed by atoms with van der Waals surface area (Å²) in [5.74, 6) is 0.782. The number of hydrogen-bond donors (Lipinski definition) is 0. The fraction of sp³-hybridized carbons (Fsp3) is 0.200. The van der Waals surface area contributed by atoms with E-state index in [1.807, 2.05) is 6.07 Å². The van der Waals surface area contributed by atoms with Crippen molar-refractivity contribution in [3.8, 4) is 0 Å². The second-order valence-corrected chi connectivity index (χ2v) is 6.27. The Balaban J connectivity index is 2.01. The van der Waals surface area contributed by atoms with Gasteiger partial charge in [0.25, 0.3) is 0 Å². The van der Waals surface area contributed by atoms with Crippen molar-refractivity contribution in [1.29, 1.82) is 0 Å². The summed E-state index contributed by atoms with van der Waals surface area (Å²) in [6.45, 7) is 4.14. The Morgan fingerprint density at radius 2 is 2.00 bits per heavy atom. The minimum atomic E-state index is 0.553. The lowest BCUT2D eigenvalue weighted by Crippen LogP contribution is -1.97. The molecule has 0 radical (unpaired) electrons. The van der Waals surface area contributed by atoms with E-state index in [1.54, 1.807) is 11.3 Å². The van der Waals surface area contributed by atoms with Gasteiger partial charge in [0, 0.05) is 16.7 Å². The van der Waals surface area contributed by atoms with Gasteiger partial charge in [-0.05, 0) is 25.5 Å². The van der Waals surface area contributed by atoms with E-state index in [0.29, 0.717) is 11.6 Å². The van der Waals surface area contributed by atoms with E-state index >= 15 is 0 Å². The number of fused-ring (bicyclic) bond motifs is 1. The molecule has 0 saturated heterocycles. The fourth-order valence-electron chi connectivity index (χ4n) is 2.13. The number of aromatic nitrogens is 2. The third-order valence-corrected chi connectivity index (χ3v) is 4.19. The molecule has 0 bridgehead atoms. The zero-order chi connectivity index (χ0) is 13.4. The van der Waals surface area contributed by atoms with E-state index in [4.69, 9.17) is 11.6 Å². The second kappa shape index (κ2) is 4.91. The van der Waals surface area contributed by atoms with Crippen LogP contribution in [0.5, 0.6) is 0 Å². The second-order valence-electron chi connectivity index (χ2n) is 4.67. The molecule has 0 N–H and O–H groups in total. The predicted octanol–water partition coefficient (Wildman–Crippen LogP) is 4.55. The zero-order valence-electron chi connectivity index (χ0n) is 10.8. The van der Waals surface area contributed by atoms with Gasteiger partial charge < -0.3 is 0 Å². The lowest BCUT2D eigenvalue weighted by molar-refractivity contribution is 0.995. The Bertz CT molecular complexity index is 749. The van der Waals surface area contributed by atoms with Gasteiger partial charge in [0.05, 0.1) is 0 Å². The molecule has 19 heavy (non-hydrogen) atoms. The van der Waals surface area contributed by atoms with Crippen LogP contribution in [0.2, 0.25) is 5.15 Å². The van der Waals surface area contributed by atoms with Gasteiger partial charge in [-0.3, -0.25) is 0 Å². The van der Waals surface area contributed by atoms with Crippen LogP contribution in [0.3, 0.4) is 0 Å². The maximum absolute atomic E-state index is 6.23. The molecule has 4 heteroatoms. The van der Waals surface area contributed by atoms with Crippen molar-refractivity contribution in [2.75, 3.05) is 0 Å². The minimum Gasteiger partial charge on any atom is -0.222 e. The largest absolute Gasteiger partial charge is 0.222 e. The Labute approximate surface area is 121 Å². The first kappa shape index (κ1) is 12.6. The van der Waals surface area contributed by atoms with E-state index in [0.717, 1.165) is 16.0 Å². The molecule has 2 aromatic heterocycles. The third kappa shape index (κ3) is 2.62. The highest BCUT2D eigenvalue weighted by molar-refractivity contribution is 7.18. The minimum absolute atomic E-state index is 0.553. The molecule has 2 nitrogen and oxygen atoms in total. The van der Waals surface area contributed by atoms with Crippen molar-refractivity contribution in [3.63, 3.8) is 0 Å². The summed E-state index contributed by atoms with van der Waals surface area (Å²) >= 11 is 7.89. The number of halogens is 1. The first-order valence-electron chi connectivity index (χ1n) is 6.10. The van der Waals surface area contributed by atoms with Crippen molar-refractivity contribution in [2.24, 2.45) is 0 Å². The molecule has 0 unspecified atom stereocenters. The smallest absolute Gasteiger partial charge is 0.141 e. The van der Waals surface area contributed by atoms with E-state index in [9.17, 15) is 0 Å². The molecular formula is C15H13ClN2S. The fourth-order valence-corrected chi connectivity index (χ4v) is 3.33. The van der Waals surface area contributed by atoms with Gasteiger partial charge >= 0.3 is 0 Å². The summed E-state index contributed by atoms with van der Waals surface area (Å²) in [4.78, 5) is 11.2. The van der Waals surface area contributed by atoms with Crippen LogP contribution in [0.4, 0.5) is 0 Å². The lowest BCUT2D eigenvalue weighted by Gasteiger charge is -2.03. The maximum atomic E-state index is 6.23. The van der Waals surface area contributed by atoms with Crippen LogP contribution in [0.1, 0.15) is 21.8 Å². The van der Waals surface area contributed by atoms with Gasteiger partial charge in [0.15, 0.2) is 0 Å². The number of benzene rings is 1. The number of thiophene rings is 1. The van der Waals surface area contributed by atoms with Gasteiger partial charge in [0.1, 0.15) is 15.8 Å². The standard InChI is InChI=1S/C15H13ClN2S/c1-9-4-3-5-11(6-9)8-13-17-14(16)12-7-10(2)19-15(12)18-13/h3-7H,8H2,1-2H3. The van der Waals surface area contributed by atoms with Crippen molar-refractivity contribution in [1.82, 2.24) is 9.97 Å². The van der Waals surface area contributed by atoms with Crippen LogP contribution >= 0.6 is 22.9 Å². The Hall–Kier alpha value is -1.45. The highest BCUT2D eigenvalue weighted by Crippen LogP contribution is 2.28. The van der Waals surface area contributed by atoms with Gasteiger partial charge in [-0.2, -0.15) is 0 Å². The van der Waals surface area contributed by atoms with Gasteiger partial charge in [-0.15, -0.1) is 11.3 Å². The molecule has 1 aromatic carbocycles. The average Bonchev–Trinajstić information content (AvgIpc) is 2.70. The summed E-state index contributed by atoms with van der Waals surface area (Å²) < 4.78 is 0.